The molecule has 0 unspecified atom stereocenters. The quantitative estimate of drug-likeness (QED) is 0.626. The summed E-state index contributed by atoms with van der Waals surface area (Å²) in [6.45, 7) is 0. The fraction of sp³-hybridized carbons (Fsp3) is 0.154. The van der Waals surface area contributed by atoms with Gasteiger partial charge in [-0.1, -0.05) is 12.1 Å². The van der Waals surface area contributed by atoms with Crippen LogP contribution in [0.1, 0.15) is 5.56 Å². The van der Waals surface area contributed by atoms with Gasteiger partial charge in [0.05, 0.1) is 7.11 Å². The van der Waals surface area contributed by atoms with Crippen LogP contribution < -0.4 is 4.74 Å². The number of pyridine rings is 1. The molecular weight excluding hydrogens is 298 g/mol. The number of hydrogen-bond donors (Lipinski definition) is 0. The molecule has 1 aromatic carbocycles. The van der Waals surface area contributed by atoms with E-state index in [1.807, 2.05) is 24.4 Å². The van der Waals surface area contributed by atoms with E-state index in [9.17, 15) is 0 Å². The van der Waals surface area contributed by atoms with Gasteiger partial charge in [0.25, 0.3) is 0 Å². The molecule has 1 heterocycles. The second-order valence-corrected chi connectivity index (χ2v) is 5.31. The lowest BCUT2D eigenvalue weighted by atomic mass is 10.2. The highest BCUT2D eigenvalue weighted by atomic mass is 79.9. The van der Waals surface area contributed by atoms with Crippen molar-refractivity contribution in [3.63, 3.8) is 0 Å². The zero-order chi connectivity index (χ0) is 12.1. The molecule has 0 amide bonds. The van der Waals surface area contributed by atoms with Crippen LogP contribution in [0.3, 0.4) is 0 Å². The molecule has 2 aromatic rings. The molecule has 17 heavy (non-hydrogen) atoms. The number of methoxy groups -OCH3 is 1. The summed E-state index contributed by atoms with van der Waals surface area (Å²) in [4.78, 5) is 5.37. The summed E-state index contributed by atoms with van der Waals surface area (Å²) in [5.41, 5.74) is 1.28. The molecular formula is C13H12BrNOS. The van der Waals surface area contributed by atoms with Gasteiger partial charge in [-0.3, -0.25) is 0 Å². The third-order valence-electron chi connectivity index (χ3n) is 2.26. The van der Waals surface area contributed by atoms with E-state index >= 15 is 0 Å². The number of ether oxygens (including phenoxy) is 1. The van der Waals surface area contributed by atoms with E-state index < -0.39 is 0 Å². The largest absolute Gasteiger partial charge is 0.497 e. The predicted octanol–water partition coefficient (Wildman–Crippen LogP) is 4.15. The minimum atomic E-state index is 0.867. The van der Waals surface area contributed by atoms with E-state index in [1.54, 1.807) is 18.9 Å². The first kappa shape index (κ1) is 12.5. The van der Waals surface area contributed by atoms with E-state index in [4.69, 9.17) is 4.74 Å². The highest BCUT2D eigenvalue weighted by Crippen LogP contribution is 2.23. The van der Waals surface area contributed by atoms with Crippen molar-refractivity contribution in [2.75, 3.05) is 7.11 Å². The van der Waals surface area contributed by atoms with E-state index in [0.29, 0.717) is 0 Å². The SMILES string of the molecule is COc1ccc(CSc2ccc(Br)nc2)cc1. The summed E-state index contributed by atoms with van der Waals surface area (Å²) in [5, 5.41) is 0. The van der Waals surface area contributed by atoms with Gasteiger partial charge >= 0.3 is 0 Å². The zero-order valence-corrected chi connectivity index (χ0v) is 11.8. The molecule has 2 nitrogen and oxygen atoms in total. The number of halogens is 1. The van der Waals surface area contributed by atoms with Crippen LogP contribution in [0.5, 0.6) is 5.75 Å². The number of hydrogen-bond acceptors (Lipinski definition) is 3. The van der Waals surface area contributed by atoms with Crippen molar-refractivity contribution in [3.05, 3.63) is 52.8 Å². The molecule has 2 rings (SSSR count). The number of aromatic nitrogens is 1. The summed E-state index contributed by atoms with van der Waals surface area (Å²) >= 11 is 5.09. The predicted molar refractivity (Wildman–Crippen MR) is 74.5 cm³/mol. The first-order valence-electron chi connectivity index (χ1n) is 5.15. The molecule has 0 atom stereocenters. The molecule has 4 heteroatoms. The zero-order valence-electron chi connectivity index (χ0n) is 9.39. The number of thioether (sulfide) groups is 1. The molecule has 0 radical (unpaired) electrons. The van der Waals surface area contributed by atoms with Crippen molar-refractivity contribution in [2.45, 2.75) is 10.6 Å². The third-order valence-corrected chi connectivity index (χ3v) is 3.79. The Kier molecular flexibility index (Phi) is 4.45. The van der Waals surface area contributed by atoms with Crippen LogP contribution in [0.25, 0.3) is 0 Å². The monoisotopic (exact) mass is 309 g/mol. The van der Waals surface area contributed by atoms with Gasteiger partial charge in [-0.15, -0.1) is 11.8 Å². The first-order valence-corrected chi connectivity index (χ1v) is 6.93. The molecule has 0 saturated carbocycles. The topological polar surface area (TPSA) is 22.1 Å². The van der Waals surface area contributed by atoms with Crippen LogP contribution in [0.2, 0.25) is 0 Å². The fourth-order valence-corrected chi connectivity index (χ4v) is 2.39. The number of benzene rings is 1. The number of rotatable bonds is 4. The molecule has 0 bridgehead atoms. The molecule has 0 spiro atoms. The highest BCUT2D eigenvalue weighted by Gasteiger charge is 1.98. The Balaban J connectivity index is 1.95. The third kappa shape index (κ3) is 3.75. The molecule has 0 aliphatic rings. The normalized spacial score (nSPS) is 10.2. The Labute approximate surface area is 114 Å². The van der Waals surface area contributed by atoms with Crippen LogP contribution in [0.15, 0.2) is 52.1 Å². The van der Waals surface area contributed by atoms with Gasteiger partial charge in [0.1, 0.15) is 10.4 Å². The maximum Gasteiger partial charge on any atom is 0.118 e. The van der Waals surface area contributed by atoms with Gasteiger partial charge in [0.15, 0.2) is 0 Å². The van der Waals surface area contributed by atoms with Gasteiger partial charge in [0.2, 0.25) is 0 Å². The lowest BCUT2D eigenvalue weighted by molar-refractivity contribution is 0.414. The first-order chi connectivity index (χ1) is 8.28. The van der Waals surface area contributed by atoms with Gasteiger partial charge < -0.3 is 4.74 Å². The van der Waals surface area contributed by atoms with Crippen molar-refractivity contribution in [3.8, 4) is 5.75 Å². The summed E-state index contributed by atoms with van der Waals surface area (Å²) in [6.07, 6.45) is 1.87. The summed E-state index contributed by atoms with van der Waals surface area (Å²) < 4.78 is 5.99. The fourth-order valence-electron chi connectivity index (χ4n) is 1.34. The van der Waals surface area contributed by atoms with Gasteiger partial charge in [-0.25, -0.2) is 4.98 Å². The number of nitrogens with zero attached hydrogens (tertiary/aromatic N) is 1. The van der Waals surface area contributed by atoms with Gasteiger partial charge in [-0.05, 0) is 45.8 Å². The summed E-state index contributed by atoms with van der Waals surface area (Å²) in [6, 6.07) is 12.1. The van der Waals surface area contributed by atoms with Crippen molar-refractivity contribution >= 4 is 27.7 Å². The van der Waals surface area contributed by atoms with Crippen molar-refractivity contribution in [1.82, 2.24) is 4.98 Å². The maximum atomic E-state index is 5.12. The average molecular weight is 310 g/mol. The molecule has 0 N–H and O–H groups in total. The second-order valence-electron chi connectivity index (χ2n) is 3.45. The molecule has 0 aliphatic heterocycles. The standard InChI is InChI=1S/C13H12BrNOS/c1-16-11-4-2-10(3-5-11)9-17-12-6-7-13(14)15-8-12/h2-8H,9H2,1H3. The minimum Gasteiger partial charge on any atom is -0.497 e. The molecule has 0 saturated heterocycles. The van der Waals surface area contributed by atoms with E-state index in [2.05, 4.69) is 39.1 Å². The van der Waals surface area contributed by atoms with Crippen molar-refractivity contribution < 1.29 is 4.74 Å². The maximum absolute atomic E-state index is 5.12. The highest BCUT2D eigenvalue weighted by molar-refractivity contribution is 9.10. The Morgan fingerprint density at radius 2 is 1.94 bits per heavy atom. The van der Waals surface area contributed by atoms with Crippen molar-refractivity contribution in [1.29, 1.82) is 0 Å². The van der Waals surface area contributed by atoms with E-state index in [1.165, 1.54) is 10.5 Å². The average Bonchev–Trinajstić information content (AvgIpc) is 2.39. The lowest BCUT2D eigenvalue weighted by Gasteiger charge is -2.03. The Morgan fingerprint density at radius 3 is 2.53 bits per heavy atom. The summed E-state index contributed by atoms with van der Waals surface area (Å²) in [7, 11) is 1.68. The van der Waals surface area contributed by atoms with Crippen LogP contribution in [0.4, 0.5) is 0 Å². The van der Waals surface area contributed by atoms with Crippen LogP contribution in [-0.4, -0.2) is 12.1 Å². The smallest absolute Gasteiger partial charge is 0.118 e. The Bertz CT molecular complexity index is 470. The summed E-state index contributed by atoms with van der Waals surface area (Å²) in [5.74, 6) is 1.83. The van der Waals surface area contributed by atoms with Crippen LogP contribution >= 0.6 is 27.7 Å². The van der Waals surface area contributed by atoms with Gasteiger partial charge in [0, 0.05) is 16.8 Å². The molecule has 1 aromatic heterocycles. The van der Waals surface area contributed by atoms with Crippen molar-refractivity contribution in [2.24, 2.45) is 0 Å². The Hall–Kier alpha value is -1.00. The minimum absolute atomic E-state index is 0.867. The molecule has 0 fully saturated rings. The van der Waals surface area contributed by atoms with Gasteiger partial charge in [-0.2, -0.15) is 0 Å². The molecule has 0 aliphatic carbocycles. The lowest BCUT2D eigenvalue weighted by Crippen LogP contribution is -1.84. The Morgan fingerprint density at radius 1 is 1.18 bits per heavy atom. The van der Waals surface area contributed by atoms with E-state index in [-0.39, 0.29) is 0 Å². The molecule has 88 valence electrons. The van der Waals surface area contributed by atoms with Crippen LogP contribution in [-0.2, 0) is 5.75 Å². The van der Waals surface area contributed by atoms with E-state index in [0.717, 1.165) is 16.1 Å². The van der Waals surface area contributed by atoms with Crippen LogP contribution in [0, 0.1) is 0 Å². The second kappa shape index (κ2) is 6.07.